The highest BCUT2D eigenvalue weighted by Gasteiger charge is 2.11. The highest BCUT2D eigenvalue weighted by atomic mass is 16.5. The molecule has 0 saturated carbocycles. The molecule has 0 heterocycles. The summed E-state index contributed by atoms with van der Waals surface area (Å²) in [5.41, 5.74) is 6.69. The van der Waals surface area contributed by atoms with Gasteiger partial charge in [0, 0.05) is 12.2 Å². The first kappa shape index (κ1) is 24.2. The van der Waals surface area contributed by atoms with Crippen molar-refractivity contribution < 1.29 is 19.1 Å². The number of hydrogen-bond acceptors (Lipinski definition) is 5. The van der Waals surface area contributed by atoms with E-state index in [0.29, 0.717) is 17.0 Å². The number of ether oxygens (including phenoxy) is 1. The summed E-state index contributed by atoms with van der Waals surface area (Å²) in [7, 11) is 0. The number of hydrazone groups is 1. The minimum Gasteiger partial charge on any atom is -0.484 e. The lowest BCUT2D eigenvalue weighted by molar-refractivity contribution is -0.139. The van der Waals surface area contributed by atoms with Gasteiger partial charge in [0.05, 0.1) is 6.21 Å². The summed E-state index contributed by atoms with van der Waals surface area (Å²) < 4.78 is 5.48. The lowest BCUT2D eigenvalue weighted by Crippen LogP contribution is -2.37. The number of hydrogen-bond donors (Lipinski definition) is 3. The molecule has 0 saturated heterocycles. The molecule has 0 bridgehead atoms. The number of rotatable bonds is 8. The molecule has 0 radical (unpaired) electrons. The van der Waals surface area contributed by atoms with Crippen molar-refractivity contribution in [2.24, 2.45) is 5.10 Å². The molecule has 3 aromatic rings. The maximum atomic E-state index is 12.0. The Morgan fingerprint density at radius 2 is 1.44 bits per heavy atom. The average Bonchev–Trinajstić information content (AvgIpc) is 2.84. The number of nitrogens with one attached hydrogen (secondary N) is 3. The van der Waals surface area contributed by atoms with Gasteiger partial charge in [0.25, 0.3) is 5.91 Å². The fourth-order valence-electron chi connectivity index (χ4n) is 2.82. The summed E-state index contributed by atoms with van der Waals surface area (Å²) in [6.07, 6.45) is 1.40. The van der Waals surface area contributed by atoms with Crippen LogP contribution in [0.1, 0.15) is 22.3 Å². The third kappa shape index (κ3) is 7.90. The number of aryl methyl sites for hydroxylation is 2. The van der Waals surface area contributed by atoms with E-state index in [4.69, 9.17) is 4.74 Å². The SMILES string of the molecule is Cc1ccc(CNC(=O)C(=O)N/N=C/c2ccc(OCC(=O)Nc3ccc(C)cc3)cc2)cc1. The van der Waals surface area contributed by atoms with Crippen molar-refractivity contribution in [2.75, 3.05) is 11.9 Å². The van der Waals surface area contributed by atoms with E-state index in [2.05, 4.69) is 21.2 Å². The van der Waals surface area contributed by atoms with Crippen molar-refractivity contribution in [3.8, 4) is 5.75 Å². The zero-order chi connectivity index (χ0) is 24.3. The lowest BCUT2D eigenvalue weighted by Gasteiger charge is -2.08. The monoisotopic (exact) mass is 458 g/mol. The van der Waals surface area contributed by atoms with Gasteiger partial charge in [-0.3, -0.25) is 14.4 Å². The molecule has 3 N–H and O–H groups in total. The highest BCUT2D eigenvalue weighted by molar-refractivity contribution is 6.35. The van der Waals surface area contributed by atoms with Crippen LogP contribution in [0.2, 0.25) is 0 Å². The smallest absolute Gasteiger partial charge is 0.329 e. The normalized spacial score (nSPS) is 10.5. The van der Waals surface area contributed by atoms with Crippen molar-refractivity contribution in [2.45, 2.75) is 20.4 Å². The average molecular weight is 459 g/mol. The number of nitrogens with zero attached hydrogens (tertiary/aromatic N) is 1. The quantitative estimate of drug-likeness (QED) is 0.274. The van der Waals surface area contributed by atoms with Gasteiger partial charge < -0.3 is 15.4 Å². The van der Waals surface area contributed by atoms with E-state index in [1.54, 1.807) is 24.3 Å². The summed E-state index contributed by atoms with van der Waals surface area (Å²) >= 11 is 0. The van der Waals surface area contributed by atoms with Crippen LogP contribution >= 0.6 is 0 Å². The Morgan fingerprint density at radius 3 is 2.09 bits per heavy atom. The molecule has 8 nitrogen and oxygen atoms in total. The van der Waals surface area contributed by atoms with E-state index < -0.39 is 11.8 Å². The molecule has 0 atom stereocenters. The molecule has 174 valence electrons. The summed E-state index contributed by atoms with van der Waals surface area (Å²) in [6.45, 7) is 4.07. The Bertz CT molecular complexity index is 1150. The fourth-order valence-corrected chi connectivity index (χ4v) is 2.82. The maximum Gasteiger partial charge on any atom is 0.329 e. The Kier molecular flexibility index (Phi) is 8.51. The topological polar surface area (TPSA) is 109 Å². The Morgan fingerprint density at radius 1 is 0.824 bits per heavy atom. The number of anilines is 1. The molecule has 3 aromatic carbocycles. The first-order valence-electron chi connectivity index (χ1n) is 10.7. The molecule has 0 unspecified atom stereocenters. The Balaban J connectivity index is 1.39. The number of amides is 3. The molecule has 8 heteroatoms. The van der Waals surface area contributed by atoms with Crippen molar-refractivity contribution in [3.05, 3.63) is 95.1 Å². The fraction of sp³-hybridized carbons (Fsp3) is 0.154. The molecule has 0 aliphatic carbocycles. The van der Waals surface area contributed by atoms with Crippen LogP contribution in [0.4, 0.5) is 5.69 Å². The van der Waals surface area contributed by atoms with Crippen LogP contribution in [-0.4, -0.2) is 30.5 Å². The predicted octanol–water partition coefficient (Wildman–Crippen LogP) is 3.09. The summed E-state index contributed by atoms with van der Waals surface area (Å²) in [6, 6.07) is 21.9. The van der Waals surface area contributed by atoms with Crippen LogP contribution in [-0.2, 0) is 20.9 Å². The van der Waals surface area contributed by atoms with Gasteiger partial charge in [-0.15, -0.1) is 0 Å². The standard InChI is InChI=1S/C26H26N4O4/c1-18-3-7-20(8-4-18)15-27-25(32)26(33)30-28-16-21-9-13-23(14-10-21)34-17-24(31)29-22-11-5-19(2)6-12-22/h3-14,16H,15,17H2,1-2H3,(H,27,32)(H,29,31)(H,30,33)/b28-16+. The molecule has 0 aromatic heterocycles. The van der Waals surface area contributed by atoms with Crippen molar-refractivity contribution in [1.29, 1.82) is 0 Å². The molecule has 0 spiro atoms. The number of benzene rings is 3. The van der Waals surface area contributed by atoms with E-state index in [1.165, 1.54) is 6.21 Å². The van der Waals surface area contributed by atoms with Crippen molar-refractivity contribution in [3.63, 3.8) is 0 Å². The van der Waals surface area contributed by atoms with E-state index in [-0.39, 0.29) is 19.1 Å². The van der Waals surface area contributed by atoms with Gasteiger partial charge in [0.1, 0.15) is 5.75 Å². The zero-order valence-corrected chi connectivity index (χ0v) is 19.0. The van der Waals surface area contributed by atoms with E-state index >= 15 is 0 Å². The lowest BCUT2D eigenvalue weighted by atomic mass is 10.1. The van der Waals surface area contributed by atoms with Crippen LogP contribution in [0.25, 0.3) is 0 Å². The molecule has 0 aliphatic heterocycles. The molecular formula is C26H26N4O4. The minimum atomic E-state index is -0.858. The maximum absolute atomic E-state index is 12.0. The molecule has 34 heavy (non-hydrogen) atoms. The molecule has 3 rings (SSSR count). The molecule has 0 fully saturated rings. The van der Waals surface area contributed by atoms with E-state index in [9.17, 15) is 14.4 Å². The van der Waals surface area contributed by atoms with Crippen molar-refractivity contribution >= 4 is 29.6 Å². The van der Waals surface area contributed by atoms with Crippen LogP contribution in [0, 0.1) is 13.8 Å². The summed E-state index contributed by atoms with van der Waals surface area (Å²) in [5.74, 6) is -1.39. The number of carbonyl (C=O) groups excluding carboxylic acids is 3. The Hall–Kier alpha value is -4.46. The summed E-state index contributed by atoms with van der Waals surface area (Å²) in [5, 5.41) is 9.10. The van der Waals surface area contributed by atoms with Crippen LogP contribution in [0.3, 0.4) is 0 Å². The van der Waals surface area contributed by atoms with Gasteiger partial charge in [-0.2, -0.15) is 5.10 Å². The molecule has 3 amide bonds. The third-order valence-corrected chi connectivity index (χ3v) is 4.74. The van der Waals surface area contributed by atoms with Gasteiger partial charge in [0.15, 0.2) is 6.61 Å². The first-order chi connectivity index (χ1) is 16.4. The molecule has 0 aliphatic rings. The second-order valence-electron chi connectivity index (χ2n) is 7.64. The third-order valence-electron chi connectivity index (χ3n) is 4.74. The second-order valence-corrected chi connectivity index (χ2v) is 7.64. The highest BCUT2D eigenvalue weighted by Crippen LogP contribution is 2.12. The van der Waals surface area contributed by atoms with Crippen LogP contribution in [0.15, 0.2) is 77.9 Å². The van der Waals surface area contributed by atoms with E-state index in [1.807, 2.05) is 62.4 Å². The molecular weight excluding hydrogens is 432 g/mol. The van der Waals surface area contributed by atoms with Gasteiger partial charge >= 0.3 is 11.8 Å². The minimum absolute atomic E-state index is 0.130. The van der Waals surface area contributed by atoms with Crippen LogP contribution in [0.5, 0.6) is 5.75 Å². The zero-order valence-electron chi connectivity index (χ0n) is 19.0. The Labute approximate surface area is 198 Å². The predicted molar refractivity (Wildman–Crippen MR) is 131 cm³/mol. The summed E-state index contributed by atoms with van der Waals surface area (Å²) in [4.78, 5) is 35.8. The van der Waals surface area contributed by atoms with Crippen molar-refractivity contribution in [1.82, 2.24) is 10.7 Å². The van der Waals surface area contributed by atoms with Gasteiger partial charge in [0.2, 0.25) is 0 Å². The van der Waals surface area contributed by atoms with Crippen LogP contribution < -0.4 is 20.8 Å². The number of carbonyl (C=O) groups is 3. The van der Waals surface area contributed by atoms with Gasteiger partial charge in [-0.1, -0.05) is 47.5 Å². The largest absolute Gasteiger partial charge is 0.484 e. The first-order valence-corrected chi connectivity index (χ1v) is 10.7. The van der Waals surface area contributed by atoms with Gasteiger partial charge in [-0.25, -0.2) is 5.43 Å². The van der Waals surface area contributed by atoms with Gasteiger partial charge in [-0.05, 0) is 61.4 Å². The second kappa shape index (κ2) is 12.0. The van der Waals surface area contributed by atoms with E-state index in [0.717, 1.165) is 16.7 Å².